The predicted molar refractivity (Wildman–Crippen MR) is 80.5 cm³/mol. The average Bonchev–Trinajstić information content (AvgIpc) is 2.45. The van der Waals surface area contributed by atoms with E-state index in [1.807, 2.05) is 0 Å². The summed E-state index contributed by atoms with van der Waals surface area (Å²) in [6, 6.07) is 21.8. The van der Waals surface area contributed by atoms with Gasteiger partial charge in [0, 0.05) is 30.9 Å². The molecule has 0 aliphatic carbocycles. The lowest BCUT2D eigenvalue weighted by molar-refractivity contribution is 0.0667. The van der Waals surface area contributed by atoms with Gasteiger partial charge in [0.2, 0.25) is 0 Å². The van der Waals surface area contributed by atoms with E-state index in [0.29, 0.717) is 17.8 Å². The fourth-order valence-electron chi connectivity index (χ4n) is 2.86. The first-order valence-electron chi connectivity index (χ1n) is 6.77. The number of hydrogen-bond donors (Lipinski definition) is 0. The van der Waals surface area contributed by atoms with Crippen LogP contribution < -0.4 is 0 Å². The van der Waals surface area contributed by atoms with Crippen LogP contribution in [0.3, 0.4) is 0 Å². The number of hydrogen-bond acceptors (Lipinski definition) is 1. The third kappa shape index (κ3) is 2.68. The molecule has 2 aromatic carbocycles. The number of alkyl halides is 1. The number of benzene rings is 2. The zero-order chi connectivity index (χ0) is 13.1. The van der Waals surface area contributed by atoms with E-state index in [-0.39, 0.29) is 0 Å². The maximum absolute atomic E-state index is 6.17. The van der Waals surface area contributed by atoms with Crippen LogP contribution in [0.4, 0.5) is 0 Å². The van der Waals surface area contributed by atoms with Gasteiger partial charge < -0.3 is 0 Å². The Morgan fingerprint density at radius 2 is 1.58 bits per heavy atom. The van der Waals surface area contributed by atoms with Gasteiger partial charge in [-0.3, -0.25) is 4.90 Å². The number of rotatable bonds is 4. The lowest BCUT2D eigenvalue weighted by Crippen LogP contribution is -2.54. The fraction of sp³-hybridized carbons (Fsp3) is 0.294. The summed E-state index contributed by atoms with van der Waals surface area (Å²) in [4.78, 5) is 2.47. The maximum Gasteiger partial charge on any atom is 0.0386 e. The molecule has 0 saturated carbocycles. The van der Waals surface area contributed by atoms with Gasteiger partial charge in [-0.2, -0.15) is 0 Å². The molecule has 0 radical (unpaired) electrons. The SMILES string of the molecule is ClC[C@@H]1[C@H](c2ccccc2)CN1Cc1ccccc1. The molecule has 2 aromatic rings. The van der Waals surface area contributed by atoms with E-state index in [1.165, 1.54) is 11.1 Å². The van der Waals surface area contributed by atoms with Crippen molar-refractivity contribution in [1.82, 2.24) is 4.90 Å². The Labute approximate surface area is 119 Å². The van der Waals surface area contributed by atoms with Crippen molar-refractivity contribution in [2.75, 3.05) is 12.4 Å². The Morgan fingerprint density at radius 1 is 0.947 bits per heavy atom. The van der Waals surface area contributed by atoms with Crippen LogP contribution in [-0.4, -0.2) is 23.4 Å². The van der Waals surface area contributed by atoms with E-state index >= 15 is 0 Å². The summed E-state index contributed by atoms with van der Waals surface area (Å²) in [5, 5.41) is 0. The highest BCUT2D eigenvalue weighted by Crippen LogP contribution is 2.35. The summed E-state index contributed by atoms with van der Waals surface area (Å²) in [5.74, 6) is 1.29. The van der Waals surface area contributed by atoms with Crippen LogP contribution >= 0.6 is 11.6 Å². The van der Waals surface area contributed by atoms with Crippen molar-refractivity contribution in [3.05, 3.63) is 71.8 Å². The van der Waals surface area contributed by atoms with E-state index in [0.717, 1.165) is 13.1 Å². The molecular weight excluding hydrogens is 254 g/mol. The van der Waals surface area contributed by atoms with Gasteiger partial charge >= 0.3 is 0 Å². The molecular formula is C17H18ClN. The minimum Gasteiger partial charge on any atom is -0.294 e. The van der Waals surface area contributed by atoms with E-state index in [1.54, 1.807) is 0 Å². The molecule has 3 rings (SSSR count). The molecule has 2 atom stereocenters. The van der Waals surface area contributed by atoms with Crippen LogP contribution in [0.2, 0.25) is 0 Å². The molecule has 0 spiro atoms. The molecule has 1 aliphatic rings. The molecule has 2 heteroatoms. The van der Waals surface area contributed by atoms with E-state index < -0.39 is 0 Å². The highest BCUT2D eigenvalue weighted by atomic mass is 35.5. The molecule has 98 valence electrons. The molecule has 0 unspecified atom stereocenters. The predicted octanol–water partition coefficient (Wildman–Crippen LogP) is 3.89. The van der Waals surface area contributed by atoms with Crippen molar-refractivity contribution >= 4 is 11.6 Å². The highest BCUT2D eigenvalue weighted by molar-refractivity contribution is 6.18. The van der Waals surface area contributed by atoms with Gasteiger partial charge in [0.15, 0.2) is 0 Å². The monoisotopic (exact) mass is 271 g/mol. The maximum atomic E-state index is 6.17. The van der Waals surface area contributed by atoms with Crippen LogP contribution in [0, 0.1) is 0 Å². The highest BCUT2D eigenvalue weighted by Gasteiger charge is 2.38. The molecule has 1 saturated heterocycles. The molecule has 0 amide bonds. The lowest BCUT2D eigenvalue weighted by Gasteiger charge is -2.48. The third-order valence-electron chi connectivity index (χ3n) is 3.98. The van der Waals surface area contributed by atoms with Gasteiger partial charge in [-0.1, -0.05) is 60.7 Å². The Morgan fingerprint density at radius 3 is 2.21 bits per heavy atom. The molecule has 0 N–H and O–H groups in total. The molecule has 19 heavy (non-hydrogen) atoms. The second kappa shape index (κ2) is 5.77. The fourth-order valence-corrected chi connectivity index (χ4v) is 3.27. The molecule has 0 bridgehead atoms. The summed E-state index contributed by atoms with van der Waals surface area (Å²) in [6.45, 7) is 2.11. The van der Waals surface area contributed by atoms with Crippen LogP contribution in [0.1, 0.15) is 17.0 Å². The standard InChI is InChI=1S/C17H18ClN/c18-11-17-16(15-9-5-2-6-10-15)13-19(17)12-14-7-3-1-4-8-14/h1-10,16-17H,11-13H2/t16-,17+/m0/s1. The minimum absolute atomic E-state index is 0.462. The number of halogens is 1. The lowest BCUT2D eigenvalue weighted by atomic mass is 9.83. The summed E-state index contributed by atoms with van der Waals surface area (Å²) < 4.78 is 0. The third-order valence-corrected chi connectivity index (χ3v) is 4.30. The van der Waals surface area contributed by atoms with E-state index in [9.17, 15) is 0 Å². The van der Waals surface area contributed by atoms with Crippen molar-refractivity contribution in [3.63, 3.8) is 0 Å². The normalized spacial score (nSPS) is 23.0. The average molecular weight is 272 g/mol. The van der Waals surface area contributed by atoms with Gasteiger partial charge in [0.25, 0.3) is 0 Å². The van der Waals surface area contributed by atoms with Crippen LogP contribution in [0.25, 0.3) is 0 Å². The molecule has 1 nitrogen and oxygen atoms in total. The summed E-state index contributed by atoms with van der Waals surface area (Å²) >= 11 is 6.17. The summed E-state index contributed by atoms with van der Waals surface area (Å²) in [7, 11) is 0. The Hall–Kier alpha value is -1.31. The van der Waals surface area contributed by atoms with Crippen molar-refractivity contribution in [2.24, 2.45) is 0 Å². The molecule has 1 heterocycles. The van der Waals surface area contributed by atoms with Gasteiger partial charge in [-0.05, 0) is 11.1 Å². The molecule has 1 fully saturated rings. The van der Waals surface area contributed by atoms with Gasteiger partial charge in [-0.25, -0.2) is 0 Å². The van der Waals surface area contributed by atoms with Crippen molar-refractivity contribution in [2.45, 2.75) is 18.5 Å². The van der Waals surface area contributed by atoms with E-state index in [2.05, 4.69) is 65.6 Å². The number of nitrogens with zero attached hydrogens (tertiary/aromatic N) is 1. The van der Waals surface area contributed by atoms with Crippen molar-refractivity contribution in [3.8, 4) is 0 Å². The topological polar surface area (TPSA) is 3.24 Å². The van der Waals surface area contributed by atoms with Gasteiger partial charge in [0.05, 0.1) is 0 Å². The van der Waals surface area contributed by atoms with Crippen molar-refractivity contribution < 1.29 is 0 Å². The van der Waals surface area contributed by atoms with Crippen LogP contribution in [-0.2, 0) is 6.54 Å². The second-order valence-electron chi connectivity index (χ2n) is 5.15. The summed E-state index contributed by atoms with van der Waals surface area (Å²) in [6.07, 6.45) is 0. The molecule has 1 aliphatic heterocycles. The van der Waals surface area contributed by atoms with E-state index in [4.69, 9.17) is 11.6 Å². The minimum atomic E-state index is 0.462. The second-order valence-corrected chi connectivity index (χ2v) is 5.46. The largest absolute Gasteiger partial charge is 0.294 e. The quantitative estimate of drug-likeness (QED) is 0.763. The van der Waals surface area contributed by atoms with Crippen LogP contribution in [0.15, 0.2) is 60.7 Å². The smallest absolute Gasteiger partial charge is 0.0386 e. The zero-order valence-electron chi connectivity index (χ0n) is 10.9. The Kier molecular flexibility index (Phi) is 3.86. The first-order valence-corrected chi connectivity index (χ1v) is 7.31. The number of likely N-dealkylation sites (tertiary alicyclic amines) is 1. The first kappa shape index (κ1) is 12.7. The Balaban J connectivity index is 1.68. The van der Waals surface area contributed by atoms with Gasteiger partial charge in [0.1, 0.15) is 0 Å². The van der Waals surface area contributed by atoms with Crippen molar-refractivity contribution in [1.29, 1.82) is 0 Å². The Bertz CT molecular complexity index is 511. The summed E-state index contributed by atoms with van der Waals surface area (Å²) in [5.41, 5.74) is 2.78. The first-order chi connectivity index (χ1) is 9.38. The molecule has 0 aromatic heterocycles. The van der Waals surface area contributed by atoms with Crippen LogP contribution in [0.5, 0.6) is 0 Å². The van der Waals surface area contributed by atoms with Gasteiger partial charge in [-0.15, -0.1) is 11.6 Å². The zero-order valence-corrected chi connectivity index (χ0v) is 11.6.